The fourth-order valence-electron chi connectivity index (χ4n) is 4.06. The van der Waals surface area contributed by atoms with Crippen molar-refractivity contribution in [2.75, 3.05) is 25.1 Å². The number of methoxy groups -OCH3 is 2. The Morgan fingerprint density at radius 2 is 1.48 bits per heavy atom. The van der Waals surface area contributed by atoms with Gasteiger partial charge in [0.2, 0.25) is 11.8 Å². The largest absolute Gasteiger partial charge is 0.493 e. The van der Waals surface area contributed by atoms with E-state index in [4.69, 9.17) is 9.47 Å². The number of rotatable bonds is 13. The van der Waals surface area contributed by atoms with Crippen molar-refractivity contribution in [2.24, 2.45) is 0 Å². The summed E-state index contributed by atoms with van der Waals surface area (Å²) in [7, 11) is -1.36. The third kappa shape index (κ3) is 7.32. The topological polar surface area (TPSA) is 105 Å². The molecule has 0 aliphatic rings. The summed E-state index contributed by atoms with van der Waals surface area (Å²) in [6.45, 7) is 5.11. The minimum Gasteiger partial charge on any atom is -0.493 e. The molecule has 0 bridgehead atoms. The van der Waals surface area contributed by atoms with Gasteiger partial charge in [0.25, 0.3) is 10.0 Å². The number of nitrogens with zero attached hydrogens (tertiary/aromatic N) is 2. The maximum atomic E-state index is 14.0. The monoisotopic (exact) mass is 567 g/mol. The van der Waals surface area contributed by atoms with E-state index in [1.54, 1.807) is 37.3 Å². The molecule has 3 aromatic carbocycles. The average molecular weight is 568 g/mol. The van der Waals surface area contributed by atoms with Crippen molar-refractivity contribution in [3.05, 3.63) is 84.4 Å². The van der Waals surface area contributed by atoms with Crippen molar-refractivity contribution in [1.82, 2.24) is 10.2 Å². The third-order valence-corrected chi connectivity index (χ3v) is 8.40. The van der Waals surface area contributed by atoms with E-state index in [0.717, 1.165) is 16.3 Å². The second-order valence-corrected chi connectivity index (χ2v) is 11.2. The quantitative estimate of drug-likeness (QED) is 0.332. The lowest BCUT2D eigenvalue weighted by molar-refractivity contribution is -0.139. The van der Waals surface area contributed by atoms with Gasteiger partial charge in [0.15, 0.2) is 11.5 Å². The number of para-hydroxylation sites is 1. The van der Waals surface area contributed by atoms with Crippen LogP contribution >= 0.6 is 0 Å². The third-order valence-electron chi connectivity index (χ3n) is 6.63. The first-order valence-corrected chi connectivity index (χ1v) is 14.5. The maximum Gasteiger partial charge on any atom is 0.264 e. The van der Waals surface area contributed by atoms with Crippen LogP contribution in [-0.4, -0.2) is 58.0 Å². The lowest BCUT2D eigenvalue weighted by Gasteiger charge is -2.32. The Morgan fingerprint density at radius 3 is 2.05 bits per heavy atom. The number of sulfonamides is 1. The fraction of sp³-hybridized carbons (Fsp3) is 0.333. The van der Waals surface area contributed by atoms with Crippen LogP contribution in [0.1, 0.15) is 32.8 Å². The molecule has 0 saturated carbocycles. The molecule has 2 amide bonds. The predicted molar refractivity (Wildman–Crippen MR) is 155 cm³/mol. The Bertz CT molecular complexity index is 1380. The highest BCUT2D eigenvalue weighted by molar-refractivity contribution is 7.92. The van der Waals surface area contributed by atoms with Crippen molar-refractivity contribution in [3.8, 4) is 11.5 Å². The molecule has 0 fully saturated rings. The summed E-state index contributed by atoms with van der Waals surface area (Å²) in [6, 6.07) is 21.0. The smallest absolute Gasteiger partial charge is 0.264 e. The number of amides is 2. The summed E-state index contributed by atoms with van der Waals surface area (Å²) in [5, 5.41) is 2.92. The number of benzene rings is 3. The number of hydrogen-bond acceptors (Lipinski definition) is 6. The van der Waals surface area contributed by atoms with E-state index in [0.29, 0.717) is 11.4 Å². The predicted octanol–water partition coefficient (Wildman–Crippen LogP) is 4.23. The molecule has 0 radical (unpaired) electrons. The average Bonchev–Trinajstić information content (AvgIpc) is 2.98. The number of carbonyl (C=O) groups is 2. The highest BCUT2D eigenvalue weighted by atomic mass is 32.2. The minimum atomic E-state index is -4.23. The SMILES string of the molecule is CC[C@H](C)NC(=O)[C@@H](C)N(Cc1ccccc1)C(=O)CN(c1ccccc1)S(=O)(=O)c1ccc(OC)c(OC)c1. The fourth-order valence-corrected chi connectivity index (χ4v) is 5.49. The van der Waals surface area contributed by atoms with Crippen LogP contribution in [0.4, 0.5) is 5.69 Å². The van der Waals surface area contributed by atoms with Gasteiger partial charge in [0.1, 0.15) is 12.6 Å². The van der Waals surface area contributed by atoms with E-state index in [1.807, 2.05) is 44.2 Å². The number of ether oxygens (including phenoxy) is 2. The summed E-state index contributed by atoms with van der Waals surface area (Å²) in [5.41, 5.74) is 1.12. The van der Waals surface area contributed by atoms with E-state index >= 15 is 0 Å². The van der Waals surface area contributed by atoms with Crippen LogP contribution in [0.2, 0.25) is 0 Å². The highest BCUT2D eigenvalue weighted by Crippen LogP contribution is 2.32. The zero-order valence-electron chi connectivity index (χ0n) is 23.5. The summed E-state index contributed by atoms with van der Waals surface area (Å²) in [5.74, 6) is -0.223. The zero-order valence-corrected chi connectivity index (χ0v) is 24.4. The van der Waals surface area contributed by atoms with Crippen molar-refractivity contribution in [1.29, 1.82) is 0 Å². The molecule has 0 unspecified atom stereocenters. The van der Waals surface area contributed by atoms with Crippen LogP contribution in [0.25, 0.3) is 0 Å². The molecule has 0 aliphatic carbocycles. The molecule has 3 aromatic rings. The van der Waals surface area contributed by atoms with E-state index in [1.165, 1.54) is 37.3 Å². The molecule has 0 saturated heterocycles. The Morgan fingerprint density at radius 1 is 0.875 bits per heavy atom. The Balaban J connectivity index is 2.02. The van der Waals surface area contributed by atoms with Gasteiger partial charge in [-0.2, -0.15) is 0 Å². The summed E-state index contributed by atoms with van der Waals surface area (Å²) in [6.07, 6.45) is 0.733. The van der Waals surface area contributed by atoms with Crippen molar-refractivity contribution in [2.45, 2.75) is 50.7 Å². The lowest BCUT2D eigenvalue weighted by Crippen LogP contribution is -2.52. The minimum absolute atomic E-state index is 0.0704. The summed E-state index contributed by atoms with van der Waals surface area (Å²) in [4.78, 5) is 28.4. The van der Waals surface area contributed by atoms with Crippen LogP contribution in [0.3, 0.4) is 0 Å². The van der Waals surface area contributed by atoms with Crippen molar-refractivity contribution < 1.29 is 27.5 Å². The highest BCUT2D eigenvalue weighted by Gasteiger charge is 2.33. The van der Waals surface area contributed by atoms with E-state index in [-0.39, 0.29) is 29.1 Å². The van der Waals surface area contributed by atoms with Gasteiger partial charge in [0, 0.05) is 18.7 Å². The van der Waals surface area contributed by atoms with Gasteiger partial charge in [-0.25, -0.2) is 8.42 Å². The molecule has 0 heterocycles. The second-order valence-electron chi connectivity index (χ2n) is 9.37. The first-order valence-electron chi connectivity index (χ1n) is 13.1. The molecule has 3 rings (SSSR count). The molecule has 0 spiro atoms. The number of hydrogen-bond donors (Lipinski definition) is 1. The van der Waals surface area contributed by atoms with Crippen LogP contribution in [0, 0.1) is 0 Å². The van der Waals surface area contributed by atoms with Gasteiger partial charge in [-0.3, -0.25) is 13.9 Å². The first kappa shape index (κ1) is 30.5. The lowest BCUT2D eigenvalue weighted by atomic mass is 10.1. The van der Waals surface area contributed by atoms with Gasteiger partial charge in [-0.05, 0) is 50.1 Å². The van der Waals surface area contributed by atoms with E-state index in [2.05, 4.69) is 5.32 Å². The maximum absolute atomic E-state index is 14.0. The van der Waals surface area contributed by atoms with E-state index in [9.17, 15) is 18.0 Å². The Labute approximate surface area is 236 Å². The molecule has 0 aliphatic heterocycles. The summed E-state index contributed by atoms with van der Waals surface area (Å²) < 4.78 is 39.6. The molecule has 1 N–H and O–H groups in total. The van der Waals surface area contributed by atoms with Crippen molar-refractivity contribution >= 4 is 27.5 Å². The van der Waals surface area contributed by atoms with Crippen LogP contribution < -0.4 is 19.1 Å². The second kappa shape index (κ2) is 13.8. The van der Waals surface area contributed by atoms with Gasteiger partial charge in [-0.15, -0.1) is 0 Å². The van der Waals surface area contributed by atoms with Gasteiger partial charge >= 0.3 is 0 Å². The van der Waals surface area contributed by atoms with Gasteiger partial charge < -0.3 is 19.7 Å². The zero-order chi connectivity index (χ0) is 29.3. The molecule has 10 heteroatoms. The number of nitrogens with one attached hydrogen (secondary N) is 1. The molecule has 2 atom stereocenters. The van der Waals surface area contributed by atoms with Gasteiger partial charge in [-0.1, -0.05) is 55.5 Å². The molecule has 0 aromatic heterocycles. The molecular formula is C30H37N3O6S. The van der Waals surface area contributed by atoms with Crippen LogP contribution in [0.15, 0.2) is 83.8 Å². The molecule has 214 valence electrons. The van der Waals surface area contributed by atoms with Gasteiger partial charge in [0.05, 0.1) is 24.8 Å². The molecule has 9 nitrogen and oxygen atoms in total. The van der Waals surface area contributed by atoms with Crippen LogP contribution in [0.5, 0.6) is 11.5 Å². The molecular weight excluding hydrogens is 530 g/mol. The molecule has 40 heavy (non-hydrogen) atoms. The number of carbonyl (C=O) groups excluding carboxylic acids is 2. The number of anilines is 1. The Kier molecular flexibility index (Phi) is 10.6. The summed E-state index contributed by atoms with van der Waals surface area (Å²) >= 11 is 0. The van der Waals surface area contributed by atoms with E-state index < -0.39 is 28.5 Å². The Hall–Kier alpha value is -4.05. The normalized spacial score (nSPS) is 12.6. The van der Waals surface area contributed by atoms with Crippen LogP contribution in [-0.2, 0) is 26.2 Å². The van der Waals surface area contributed by atoms with Crippen molar-refractivity contribution in [3.63, 3.8) is 0 Å². The first-order chi connectivity index (χ1) is 19.1. The standard InChI is InChI=1S/C30H37N3O6S/c1-6-22(2)31-30(35)23(3)32(20-24-13-9-7-10-14-24)29(34)21-33(25-15-11-8-12-16-25)40(36,37)26-17-18-27(38-4)28(19-26)39-5/h7-19,22-23H,6,20-21H2,1-5H3,(H,31,35)/t22-,23+/m0/s1.